The number of para-hydroxylation sites is 2. The molecule has 0 aliphatic carbocycles. The molecule has 116 valence electrons. The molecule has 7 heteroatoms. The van der Waals surface area contributed by atoms with Crippen LogP contribution in [0, 0.1) is 0 Å². The zero-order chi connectivity index (χ0) is 15.9. The standard InChI is InChI=1S/C15H15NO5S/c1-19-9-13(17)16-10-5-3-4-6-11(10)21-12-7-8-22-14(12)15(18)20-2/h3-8H,9H2,1-2H3,(H,16,17). The predicted molar refractivity (Wildman–Crippen MR) is 82.7 cm³/mol. The highest BCUT2D eigenvalue weighted by Crippen LogP contribution is 2.34. The molecule has 0 aliphatic heterocycles. The lowest BCUT2D eigenvalue weighted by molar-refractivity contribution is -0.119. The van der Waals surface area contributed by atoms with Crippen LogP contribution >= 0.6 is 11.3 Å². The van der Waals surface area contributed by atoms with E-state index in [4.69, 9.17) is 14.2 Å². The van der Waals surface area contributed by atoms with Gasteiger partial charge in [0, 0.05) is 7.11 Å². The van der Waals surface area contributed by atoms with Crippen LogP contribution in [0.5, 0.6) is 11.5 Å². The largest absolute Gasteiger partial charge is 0.465 e. The first kappa shape index (κ1) is 16.0. The molecule has 0 saturated carbocycles. The monoisotopic (exact) mass is 321 g/mol. The molecule has 0 spiro atoms. The second kappa shape index (κ2) is 7.58. The van der Waals surface area contributed by atoms with Gasteiger partial charge in [-0.1, -0.05) is 12.1 Å². The van der Waals surface area contributed by atoms with Crippen LogP contribution in [0.1, 0.15) is 9.67 Å². The van der Waals surface area contributed by atoms with Gasteiger partial charge in [-0.05, 0) is 23.6 Å². The highest BCUT2D eigenvalue weighted by Gasteiger charge is 2.17. The zero-order valence-corrected chi connectivity index (χ0v) is 12.9. The van der Waals surface area contributed by atoms with Gasteiger partial charge in [0.15, 0.2) is 16.4 Å². The number of benzene rings is 1. The van der Waals surface area contributed by atoms with E-state index >= 15 is 0 Å². The number of carbonyl (C=O) groups excluding carboxylic acids is 2. The van der Waals surface area contributed by atoms with Crippen molar-refractivity contribution < 1.29 is 23.8 Å². The summed E-state index contributed by atoms with van der Waals surface area (Å²) in [6.45, 7) is -0.0554. The van der Waals surface area contributed by atoms with Crippen molar-refractivity contribution in [3.8, 4) is 11.5 Å². The van der Waals surface area contributed by atoms with Crippen molar-refractivity contribution in [2.45, 2.75) is 0 Å². The Morgan fingerprint density at radius 2 is 1.91 bits per heavy atom. The average Bonchev–Trinajstić information content (AvgIpc) is 2.97. The van der Waals surface area contributed by atoms with Crippen LogP contribution in [0.2, 0.25) is 0 Å². The number of methoxy groups -OCH3 is 2. The minimum Gasteiger partial charge on any atom is -0.465 e. The third kappa shape index (κ3) is 3.84. The lowest BCUT2D eigenvalue weighted by Gasteiger charge is -2.12. The Kier molecular flexibility index (Phi) is 5.51. The molecule has 1 amide bonds. The van der Waals surface area contributed by atoms with Gasteiger partial charge in [-0.15, -0.1) is 11.3 Å². The fourth-order valence-electron chi connectivity index (χ4n) is 1.71. The Labute approximate surface area is 131 Å². The second-order valence-electron chi connectivity index (χ2n) is 4.18. The molecule has 2 rings (SSSR count). The van der Waals surface area contributed by atoms with Crippen molar-refractivity contribution in [3.63, 3.8) is 0 Å². The summed E-state index contributed by atoms with van der Waals surface area (Å²) < 4.78 is 15.2. The van der Waals surface area contributed by atoms with Gasteiger partial charge in [0.2, 0.25) is 5.91 Å². The highest BCUT2D eigenvalue weighted by atomic mass is 32.1. The Morgan fingerprint density at radius 1 is 1.14 bits per heavy atom. The summed E-state index contributed by atoms with van der Waals surface area (Å²) >= 11 is 1.22. The normalized spacial score (nSPS) is 10.1. The molecule has 1 aromatic carbocycles. The summed E-state index contributed by atoms with van der Waals surface area (Å²) in [7, 11) is 2.75. The molecule has 0 aliphatic rings. The van der Waals surface area contributed by atoms with Crippen molar-refractivity contribution >= 4 is 28.9 Å². The van der Waals surface area contributed by atoms with Crippen LogP contribution < -0.4 is 10.1 Å². The molecule has 2 aromatic rings. The Hall–Kier alpha value is -2.38. The minimum absolute atomic E-state index is 0.0554. The number of hydrogen-bond donors (Lipinski definition) is 1. The van der Waals surface area contributed by atoms with Gasteiger partial charge in [0.1, 0.15) is 6.61 Å². The summed E-state index contributed by atoms with van der Waals surface area (Å²) in [5.41, 5.74) is 0.492. The summed E-state index contributed by atoms with van der Waals surface area (Å²) in [6.07, 6.45) is 0. The van der Waals surface area contributed by atoms with E-state index in [1.807, 2.05) is 0 Å². The molecule has 0 unspecified atom stereocenters. The van der Waals surface area contributed by atoms with E-state index in [9.17, 15) is 9.59 Å². The van der Waals surface area contributed by atoms with Gasteiger partial charge < -0.3 is 19.5 Å². The summed E-state index contributed by atoms with van der Waals surface area (Å²) in [4.78, 5) is 23.6. The molecule has 1 N–H and O–H groups in total. The lowest BCUT2D eigenvalue weighted by atomic mass is 10.3. The molecule has 0 fully saturated rings. The van der Waals surface area contributed by atoms with Gasteiger partial charge in [-0.2, -0.15) is 0 Å². The Balaban J connectivity index is 2.22. The summed E-state index contributed by atoms with van der Waals surface area (Å²) in [5.74, 6) is 0.0451. The third-order valence-corrected chi connectivity index (χ3v) is 3.53. The van der Waals surface area contributed by atoms with Crippen molar-refractivity contribution in [2.75, 3.05) is 26.1 Å². The number of hydrogen-bond acceptors (Lipinski definition) is 6. The Morgan fingerprint density at radius 3 is 2.64 bits per heavy atom. The fraction of sp³-hybridized carbons (Fsp3) is 0.200. The van der Waals surface area contributed by atoms with E-state index in [1.54, 1.807) is 35.7 Å². The number of nitrogens with one attached hydrogen (secondary N) is 1. The van der Waals surface area contributed by atoms with E-state index in [-0.39, 0.29) is 12.5 Å². The van der Waals surface area contributed by atoms with E-state index < -0.39 is 5.97 Å². The van der Waals surface area contributed by atoms with Crippen LogP contribution in [-0.2, 0) is 14.3 Å². The molecule has 0 atom stereocenters. The van der Waals surface area contributed by atoms with Crippen molar-refractivity contribution in [1.82, 2.24) is 0 Å². The number of amides is 1. The number of ether oxygens (including phenoxy) is 3. The maximum absolute atomic E-state index is 11.7. The van der Waals surface area contributed by atoms with Gasteiger partial charge >= 0.3 is 5.97 Å². The molecular weight excluding hydrogens is 306 g/mol. The predicted octanol–water partition coefficient (Wildman–Crippen LogP) is 2.91. The summed E-state index contributed by atoms with van der Waals surface area (Å²) in [5, 5.41) is 4.41. The van der Waals surface area contributed by atoms with Crippen LogP contribution in [0.4, 0.5) is 5.69 Å². The smallest absolute Gasteiger partial charge is 0.351 e. The van der Waals surface area contributed by atoms with Crippen molar-refractivity contribution in [1.29, 1.82) is 0 Å². The van der Waals surface area contributed by atoms with Crippen LogP contribution in [0.25, 0.3) is 0 Å². The zero-order valence-electron chi connectivity index (χ0n) is 12.1. The molecule has 6 nitrogen and oxygen atoms in total. The first-order valence-electron chi connectivity index (χ1n) is 6.37. The van der Waals surface area contributed by atoms with E-state index in [2.05, 4.69) is 5.32 Å². The highest BCUT2D eigenvalue weighted by molar-refractivity contribution is 7.12. The third-order valence-electron chi connectivity index (χ3n) is 2.66. The Bertz CT molecular complexity index is 667. The number of carbonyl (C=O) groups is 2. The summed E-state index contributed by atoms with van der Waals surface area (Å²) in [6, 6.07) is 8.61. The number of rotatable bonds is 6. The molecule has 22 heavy (non-hydrogen) atoms. The maximum Gasteiger partial charge on any atom is 0.351 e. The van der Waals surface area contributed by atoms with Crippen molar-refractivity contribution in [3.05, 3.63) is 40.6 Å². The molecule has 0 saturated heterocycles. The van der Waals surface area contributed by atoms with Gasteiger partial charge in [0.05, 0.1) is 12.8 Å². The quantitative estimate of drug-likeness (QED) is 0.828. The number of esters is 1. The van der Waals surface area contributed by atoms with Gasteiger partial charge in [-0.3, -0.25) is 4.79 Å². The lowest BCUT2D eigenvalue weighted by Crippen LogP contribution is -2.17. The van der Waals surface area contributed by atoms with E-state index in [1.165, 1.54) is 25.6 Å². The molecule has 1 aromatic heterocycles. The first-order valence-corrected chi connectivity index (χ1v) is 7.25. The van der Waals surface area contributed by atoms with Crippen LogP contribution in [0.15, 0.2) is 35.7 Å². The molecule has 0 bridgehead atoms. The maximum atomic E-state index is 11.7. The SMILES string of the molecule is COCC(=O)Nc1ccccc1Oc1ccsc1C(=O)OC. The fourth-order valence-corrected chi connectivity index (χ4v) is 2.45. The van der Waals surface area contributed by atoms with E-state index in [0.29, 0.717) is 22.1 Å². The molecular formula is C15H15NO5S. The van der Waals surface area contributed by atoms with Gasteiger partial charge in [-0.25, -0.2) is 4.79 Å². The molecule has 0 radical (unpaired) electrons. The van der Waals surface area contributed by atoms with Crippen molar-refractivity contribution in [2.24, 2.45) is 0 Å². The molecule has 1 heterocycles. The number of thiophene rings is 1. The van der Waals surface area contributed by atoms with Crippen LogP contribution in [0.3, 0.4) is 0 Å². The minimum atomic E-state index is -0.467. The topological polar surface area (TPSA) is 73.9 Å². The van der Waals surface area contributed by atoms with Crippen LogP contribution in [-0.4, -0.2) is 32.7 Å². The number of anilines is 1. The average molecular weight is 321 g/mol. The van der Waals surface area contributed by atoms with Gasteiger partial charge in [0.25, 0.3) is 0 Å². The first-order chi connectivity index (χ1) is 10.7. The second-order valence-corrected chi connectivity index (χ2v) is 5.10. The van der Waals surface area contributed by atoms with E-state index in [0.717, 1.165) is 0 Å².